The molecule has 0 saturated carbocycles. The molecule has 1 aromatic heterocycles. The predicted octanol–water partition coefficient (Wildman–Crippen LogP) is 4.73. The summed E-state index contributed by atoms with van der Waals surface area (Å²) in [5.41, 5.74) is 0.720. The van der Waals surface area contributed by atoms with Crippen molar-refractivity contribution in [2.75, 3.05) is 0 Å². The van der Waals surface area contributed by atoms with Crippen molar-refractivity contribution >= 4 is 5.91 Å². The Bertz CT molecular complexity index is 755. The molecule has 1 atom stereocenters. The lowest BCUT2D eigenvalue weighted by Crippen LogP contribution is -2.31. The third-order valence-electron chi connectivity index (χ3n) is 4.13. The SMILES string of the molecule is CC(C)(C)C[C@H](NC(=O)CCc1nc(C(C)(C)C)no1)c1ccc(F)cc1. The van der Waals surface area contributed by atoms with E-state index in [1.54, 1.807) is 12.1 Å². The molecule has 0 radical (unpaired) electrons. The Morgan fingerprint density at radius 3 is 2.30 bits per heavy atom. The van der Waals surface area contributed by atoms with Crippen LogP contribution in [0.25, 0.3) is 0 Å². The van der Waals surface area contributed by atoms with E-state index in [-0.39, 0.29) is 35.0 Å². The number of nitrogens with zero attached hydrogens (tertiary/aromatic N) is 2. The van der Waals surface area contributed by atoms with Gasteiger partial charge in [0.2, 0.25) is 11.8 Å². The van der Waals surface area contributed by atoms with Gasteiger partial charge in [-0.2, -0.15) is 4.98 Å². The van der Waals surface area contributed by atoms with Gasteiger partial charge in [-0.25, -0.2) is 4.39 Å². The molecular formula is C21H30FN3O2. The van der Waals surface area contributed by atoms with Gasteiger partial charge in [0.1, 0.15) is 5.82 Å². The Kier molecular flexibility index (Phi) is 6.39. The van der Waals surface area contributed by atoms with Crippen LogP contribution in [-0.2, 0) is 16.6 Å². The minimum atomic E-state index is -0.286. The number of carbonyl (C=O) groups is 1. The van der Waals surface area contributed by atoms with Crippen molar-refractivity contribution in [3.8, 4) is 0 Å². The van der Waals surface area contributed by atoms with Gasteiger partial charge in [0, 0.05) is 18.3 Å². The van der Waals surface area contributed by atoms with Crippen LogP contribution in [0.1, 0.15) is 77.7 Å². The van der Waals surface area contributed by atoms with E-state index in [1.165, 1.54) is 12.1 Å². The van der Waals surface area contributed by atoms with Gasteiger partial charge in [-0.3, -0.25) is 4.79 Å². The van der Waals surface area contributed by atoms with Crippen LogP contribution >= 0.6 is 0 Å². The Morgan fingerprint density at radius 2 is 1.78 bits per heavy atom. The first-order valence-electron chi connectivity index (χ1n) is 9.32. The lowest BCUT2D eigenvalue weighted by molar-refractivity contribution is -0.122. The zero-order chi connectivity index (χ0) is 20.2. The van der Waals surface area contributed by atoms with Crippen LogP contribution in [0.5, 0.6) is 0 Å². The summed E-state index contributed by atoms with van der Waals surface area (Å²) in [6.45, 7) is 12.4. The molecule has 0 unspecified atom stereocenters. The van der Waals surface area contributed by atoms with Gasteiger partial charge in [-0.15, -0.1) is 0 Å². The molecule has 1 amide bonds. The van der Waals surface area contributed by atoms with Crippen molar-refractivity contribution in [2.45, 2.75) is 72.3 Å². The van der Waals surface area contributed by atoms with E-state index in [1.807, 2.05) is 20.8 Å². The van der Waals surface area contributed by atoms with Gasteiger partial charge in [-0.05, 0) is 29.5 Å². The molecule has 148 valence electrons. The summed E-state index contributed by atoms with van der Waals surface area (Å²) < 4.78 is 18.5. The molecule has 0 fully saturated rings. The van der Waals surface area contributed by atoms with Crippen LogP contribution in [0.3, 0.4) is 0 Å². The third kappa shape index (κ3) is 6.77. The van der Waals surface area contributed by atoms with E-state index in [2.05, 4.69) is 36.2 Å². The summed E-state index contributed by atoms with van der Waals surface area (Å²) in [4.78, 5) is 16.8. The number of benzene rings is 1. The van der Waals surface area contributed by atoms with E-state index in [9.17, 15) is 9.18 Å². The molecule has 1 aromatic carbocycles. The predicted molar refractivity (Wildman–Crippen MR) is 103 cm³/mol. The molecule has 0 aliphatic heterocycles. The Balaban J connectivity index is 2.00. The van der Waals surface area contributed by atoms with Crippen molar-refractivity contribution in [2.24, 2.45) is 5.41 Å². The van der Waals surface area contributed by atoms with Crippen LogP contribution in [0.2, 0.25) is 0 Å². The van der Waals surface area contributed by atoms with E-state index in [4.69, 9.17) is 4.52 Å². The first-order chi connectivity index (χ1) is 12.4. The monoisotopic (exact) mass is 375 g/mol. The number of amides is 1. The molecule has 0 aliphatic carbocycles. The van der Waals surface area contributed by atoms with Crippen molar-refractivity contribution in [1.82, 2.24) is 15.5 Å². The summed E-state index contributed by atoms with van der Waals surface area (Å²) in [7, 11) is 0. The maximum absolute atomic E-state index is 13.2. The quantitative estimate of drug-likeness (QED) is 0.792. The van der Waals surface area contributed by atoms with Crippen LogP contribution in [0.15, 0.2) is 28.8 Å². The van der Waals surface area contributed by atoms with Gasteiger partial charge < -0.3 is 9.84 Å². The molecular weight excluding hydrogens is 345 g/mol. The van der Waals surface area contributed by atoms with Gasteiger partial charge >= 0.3 is 0 Å². The highest BCUT2D eigenvalue weighted by Gasteiger charge is 2.23. The molecule has 1 heterocycles. The highest BCUT2D eigenvalue weighted by Crippen LogP contribution is 2.29. The number of hydrogen-bond acceptors (Lipinski definition) is 4. The van der Waals surface area contributed by atoms with Crippen molar-refractivity contribution in [3.05, 3.63) is 47.4 Å². The molecule has 6 heteroatoms. The zero-order valence-corrected chi connectivity index (χ0v) is 17.1. The number of rotatable bonds is 6. The fraction of sp³-hybridized carbons (Fsp3) is 0.571. The number of carbonyl (C=O) groups excluding carboxylic acids is 1. The van der Waals surface area contributed by atoms with Crippen molar-refractivity contribution < 1.29 is 13.7 Å². The second kappa shape index (κ2) is 8.19. The smallest absolute Gasteiger partial charge is 0.227 e. The van der Waals surface area contributed by atoms with E-state index < -0.39 is 0 Å². The molecule has 2 rings (SSSR count). The second-order valence-corrected chi connectivity index (χ2v) is 9.20. The van der Waals surface area contributed by atoms with E-state index >= 15 is 0 Å². The summed E-state index contributed by atoms with van der Waals surface area (Å²) in [6.07, 6.45) is 1.40. The van der Waals surface area contributed by atoms with E-state index in [0.717, 1.165) is 12.0 Å². The standard InChI is InChI=1S/C21H30FN3O2/c1-20(2,3)13-16(14-7-9-15(22)10-8-14)23-17(26)11-12-18-24-19(25-27-18)21(4,5)6/h7-10,16H,11-13H2,1-6H3,(H,23,26)/t16-/m0/s1. The number of hydrogen-bond donors (Lipinski definition) is 1. The average Bonchev–Trinajstić information content (AvgIpc) is 3.01. The number of aryl methyl sites for hydroxylation is 1. The number of aromatic nitrogens is 2. The van der Waals surface area contributed by atoms with Crippen molar-refractivity contribution in [1.29, 1.82) is 0 Å². The van der Waals surface area contributed by atoms with Crippen LogP contribution in [0.4, 0.5) is 4.39 Å². The van der Waals surface area contributed by atoms with Gasteiger partial charge in [-0.1, -0.05) is 58.8 Å². The largest absolute Gasteiger partial charge is 0.349 e. The summed E-state index contributed by atoms with van der Waals surface area (Å²) in [5.74, 6) is 0.716. The van der Waals surface area contributed by atoms with E-state index in [0.29, 0.717) is 18.1 Å². The highest BCUT2D eigenvalue weighted by molar-refractivity contribution is 5.76. The van der Waals surface area contributed by atoms with Gasteiger partial charge in [0.25, 0.3) is 0 Å². The topological polar surface area (TPSA) is 68.0 Å². The summed E-state index contributed by atoms with van der Waals surface area (Å²) in [5, 5.41) is 7.04. The lowest BCUT2D eigenvalue weighted by Gasteiger charge is -2.27. The molecule has 5 nitrogen and oxygen atoms in total. The Morgan fingerprint density at radius 1 is 1.15 bits per heavy atom. The molecule has 27 heavy (non-hydrogen) atoms. The minimum Gasteiger partial charge on any atom is -0.349 e. The molecule has 1 N–H and O–H groups in total. The first-order valence-corrected chi connectivity index (χ1v) is 9.32. The normalized spacial score (nSPS) is 13.4. The Labute approximate surface area is 160 Å². The lowest BCUT2D eigenvalue weighted by atomic mass is 9.85. The maximum atomic E-state index is 13.2. The summed E-state index contributed by atoms with van der Waals surface area (Å²) >= 11 is 0. The number of nitrogens with one attached hydrogen (secondary N) is 1. The minimum absolute atomic E-state index is 0.0143. The molecule has 0 saturated heterocycles. The first kappa shape index (κ1) is 21.1. The molecule has 0 spiro atoms. The summed E-state index contributed by atoms with van der Waals surface area (Å²) in [6, 6.07) is 6.11. The zero-order valence-electron chi connectivity index (χ0n) is 17.1. The average molecular weight is 375 g/mol. The molecule has 0 bridgehead atoms. The Hall–Kier alpha value is -2.24. The van der Waals surface area contributed by atoms with Crippen LogP contribution < -0.4 is 5.32 Å². The molecule has 2 aromatic rings. The highest BCUT2D eigenvalue weighted by atomic mass is 19.1. The van der Waals surface area contributed by atoms with Crippen LogP contribution in [0, 0.1) is 11.2 Å². The van der Waals surface area contributed by atoms with Crippen LogP contribution in [-0.4, -0.2) is 16.0 Å². The fourth-order valence-electron chi connectivity index (χ4n) is 2.71. The van der Waals surface area contributed by atoms with Crippen molar-refractivity contribution in [3.63, 3.8) is 0 Å². The van der Waals surface area contributed by atoms with Gasteiger partial charge in [0.05, 0.1) is 6.04 Å². The number of halogens is 1. The maximum Gasteiger partial charge on any atom is 0.227 e. The fourth-order valence-corrected chi connectivity index (χ4v) is 2.71. The third-order valence-corrected chi connectivity index (χ3v) is 4.13. The second-order valence-electron chi connectivity index (χ2n) is 9.20. The molecule has 0 aliphatic rings. The van der Waals surface area contributed by atoms with Gasteiger partial charge in [0.15, 0.2) is 5.82 Å².